The molecule has 3 aromatic rings. The van der Waals surface area contributed by atoms with Gasteiger partial charge in [0.15, 0.2) is 0 Å². The fourth-order valence-electron chi connectivity index (χ4n) is 3.58. The molecule has 5 nitrogen and oxygen atoms in total. The molecule has 0 saturated carbocycles. The van der Waals surface area contributed by atoms with Gasteiger partial charge in [-0.1, -0.05) is 36.4 Å². The Balaban J connectivity index is 1.56. The maximum atomic E-state index is 12.4. The van der Waals surface area contributed by atoms with Crippen LogP contribution in [0, 0.1) is 0 Å². The number of nitrogens with one attached hydrogen (secondary N) is 1. The van der Waals surface area contributed by atoms with Gasteiger partial charge in [-0.3, -0.25) is 9.69 Å². The number of benzene rings is 2. The largest absolute Gasteiger partial charge is 0.358 e. The Kier molecular flexibility index (Phi) is 4.54. The molecule has 0 spiro atoms. The minimum absolute atomic E-state index is 0.0765. The second kappa shape index (κ2) is 7.14. The molecule has 1 atom stereocenters. The van der Waals surface area contributed by atoms with Crippen LogP contribution in [0.4, 0.5) is 0 Å². The molecular formula is C21H22N4O. The van der Waals surface area contributed by atoms with E-state index in [2.05, 4.69) is 57.8 Å². The first-order valence-corrected chi connectivity index (χ1v) is 8.86. The number of likely N-dealkylation sites (N-methyl/N-ethyl adjacent to an activating group) is 1. The standard InChI is InChI=1S/C21H22N4O/c1-22-21(26)20-13-17-5-2-3-6-18(17)15-24(20)14-16-7-9-19(10-8-16)25-12-4-11-23-25/h2-12,20H,13-15H2,1H3,(H,22,26). The highest BCUT2D eigenvalue weighted by Crippen LogP contribution is 2.25. The summed E-state index contributed by atoms with van der Waals surface area (Å²) >= 11 is 0. The van der Waals surface area contributed by atoms with Gasteiger partial charge >= 0.3 is 0 Å². The Morgan fingerprint density at radius 2 is 1.88 bits per heavy atom. The van der Waals surface area contributed by atoms with E-state index in [0.29, 0.717) is 0 Å². The van der Waals surface area contributed by atoms with Crippen molar-refractivity contribution in [3.8, 4) is 5.69 Å². The fourth-order valence-corrected chi connectivity index (χ4v) is 3.58. The summed E-state index contributed by atoms with van der Waals surface area (Å²) in [6.07, 6.45) is 4.45. The molecule has 1 unspecified atom stereocenters. The summed E-state index contributed by atoms with van der Waals surface area (Å²) in [5.74, 6) is 0.0765. The predicted octanol–water partition coefficient (Wildman–Crippen LogP) is 2.55. The summed E-state index contributed by atoms with van der Waals surface area (Å²) in [4.78, 5) is 14.7. The molecule has 132 valence electrons. The molecule has 0 aliphatic carbocycles. The van der Waals surface area contributed by atoms with E-state index in [-0.39, 0.29) is 11.9 Å². The van der Waals surface area contributed by atoms with Gasteiger partial charge in [0.1, 0.15) is 0 Å². The molecule has 2 heterocycles. The van der Waals surface area contributed by atoms with Gasteiger partial charge < -0.3 is 5.32 Å². The number of aromatic nitrogens is 2. The van der Waals surface area contributed by atoms with Gasteiger partial charge in [0.05, 0.1) is 11.7 Å². The van der Waals surface area contributed by atoms with Crippen LogP contribution in [-0.2, 0) is 24.3 Å². The number of amides is 1. The van der Waals surface area contributed by atoms with Crippen molar-refractivity contribution < 1.29 is 4.79 Å². The van der Waals surface area contributed by atoms with Crippen molar-refractivity contribution >= 4 is 5.91 Å². The van der Waals surface area contributed by atoms with E-state index >= 15 is 0 Å². The molecule has 1 aliphatic heterocycles. The lowest BCUT2D eigenvalue weighted by Crippen LogP contribution is -2.49. The zero-order valence-corrected chi connectivity index (χ0v) is 14.8. The molecule has 0 radical (unpaired) electrons. The number of carbonyl (C=O) groups is 1. The average molecular weight is 346 g/mol. The molecule has 5 heteroatoms. The Morgan fingerprint density at radius 3 is 2.58 bits per heavy atom. The molecule has 0 fully saturated rings. The molecular weight excluding hydrogens is 324 g/mol. The van der Waals surface area contributed by atoms with Crippen molar-refractivity contribution in [2.24, 2.45) is 0 Å². The molecule has 1 N–H and O–H groups in total. The summed E-state index contributed by atoms with van der Waals surface area (Å²) in [5, 5.41) is 7.07. The van der Waals surface area contributed by atoms with E-state index in [1.54, 1.807) is 13.2 Å². The Bertz CT molecular complexity index is 887. The van der Waals surface area contributed by atoms with Crippen LogP contribution in [0.25, 0.3) is 5.69 Å². The zero-order chi connectivity index (χ0) is 17.9. The first-order valence-electron chi connectivity index (χ1n) is 8.86. The summed E-state index contributed by atoms with van der Waals surface area (Å²) in [7, 11) is 1.71. The van der Waals surface area contributed by atoms with Gasteiger partial charge in [-0.2, -0.15) is 5.10 Å². The minimum atomic E-state index is -0.138. The van der Waals surface area contributed by atoms with Crippen LogP contribution in [0.1, 0.15) is 16.7 Å². The van der Waals surface area contributed by atoms with Crippen molar-refractivity contribution in [1.29, 1.82) is 0 Å². The highest BCUT2D eigenvalue weighted by molar-refractivity contribution is 5.82. The Morgan fingerprint density at radius 1 is 1.12 bits per heavy atom. The van der Waals surface area contributed by atoms with E-state index in [1.165, 1.54) is 16.7 Å². The lowest BCUT2D eigenvalue weighted by Gasteiger charge is -2.35. The van der Waals surface area contributed by atoms with Crippen LogP contribution >= 0.6 is 0 Å². The molecule has 4 rings (SSSR count). The quantitative estimate of drug-likeness (QED) is 0.790. The maximum Gasteiger partial charge on any atom is 0.237 e. The van der Waals surface area contributed by atoms with Gasteiger partial charge in [0.2, 0.25) is 5.91 Å². The first-order chi connectivity index (χ1) is 12.7. The van der Waals surface area contributed by atoms with E-state index in [0.717, 1.165) is 25.2 Å². The highest BCUT2D eigenvalue weighted by Gasteiger charge is 2.30. The van der Waals surface area contributed by atoms with Gasteiger partial charge in [0, 0.05) is 32.5 Å². The van der Waals surface area contributed by atoms with Gasteiger partial charge in [-0.15, -0.1) is 0 Å². The second-order valence-electron chi connectivity index (χ2n) is 6.62. The third-order valence-electron chi connectivity index (χ3n) is 4.99. The Hall–Kier alpha value is -2.92. The SMILES string of the molecule is CNC(=O)C1Cc2ccccc2CN1Cc1ccc(-n2cccn2)cc1. The molecule has 1 amide bonds. The zero-order valence-electron chi connectivity index (χ0n) is 14.8. The Labute approximate surface area is 153 Å². The summed E-state index contributed by atoms with van der Waals surface area (Å²) < 4.78 is 1.84. The van der Waals surface area contributed by atoms with Crippen LogP contribution in [0.5, 0.6) is 0 Å². The molecule has 2 aromatic carbocycles. The monoisotopic (exact) mass is 346 g/mol. The topological polar surface area (TPSA) is 50.2 Å². The number of rotatable bonds is 4. The number of carbonyl (C=O) groups excluding carboxylic acids is 1. The average Bonchev–Trinajstić information content (AvgIpc) is 3.22. The lowest BCUT2D eigenvalue weighted by molar-refractivity contribution is -0.126. The summed E-state index contributed by atoms with van der Waals surface area (Å²) in [6.45, 7) is 1.53. The normalized spacial score (nSPS) is 16.9. The van der Waals surface area contributed by atoms with E-state index in [9.17, 15) is 4.79 Å². The third kappa shape index (κ3) is 3.26. The smallest absolute Gasteiger partial charge is 0.237 e. The lowest BCUT2D eigenvalue weighted by atomic mass is 9.93. The number of hydrogen-bond donors (Lipinski definition) is 1. The molecule has 26 heavy (non-hydrogen) atoms. The van der Waals surface area contributed by atoms with Crippen LogP contribution in [0.2, 0.25) is 0 Å². The van der Waals surface area contributed by atoms with Gasteiger partial charge in [-0.05, 0) is 41.3 Å². The van der Waals surface area contributed by atoms with E-state index < -0.39 is 0 Å². The molecule has 0 bridgehead atoms. The van der Waals surface area contributed by atoms with Crippen molar-refractivity contribution in [3.63, 3.8) is 0 Å². The van der Waals surface area contributed by atoms with Crippen molar-refractivity contribution in [2.75, 3.05) is 7.05 Å². The number of fused-ring (bicyclic) bond motifs is 1. The van der Waals surface area contributed by atoms with Gasteiger partial charge in [-0.25, -0.2) is 4.68 Å². The molecule has 1 aromatic heterocycles. The van der Waals surface area contributed by atoms with Crippen molar-refractivity contribution in [2.45, 2.75) is 25.6 Å². The second-order valence-corrected chi connectivity index (χ2v) is 6.62. The maximum absolute atomic E-state index is 12.4. The van der Waals surface area contributed by atoms with Crippen LogP contribution < -0.4 is 5.32 Å². The summed E-state index contributed by atoms with van der Waals surface area (Å²) in [6, 6.07) is 18.5. The number of nitrogens with zero attached hydrogens (tertiary/aromatic N) is 3. The first kappa shape index (κ1) is 16.5. The highest BCUT2D eigenvalue weighted by atomic mass is 16.2. The van der Waals surface area contributed by atoms with Crippen molar-refractivity contribution in [3.05, 3.63) is 83.7 Å². The van der Waals surface area contributed by atoms with E-state index in [4.69, 9.17) is 0 Å². The van der Waals surface area contributed by atoms with Crippen LogP contribution in [0.15, 0.2) is 67.0 Å². The summed E-state index contributed by atoms with van der Waals surface area (Å²) in [5.41, 5.74) is 4.80. The number of hydrogen-bond acceptors (Lipinski definition) is 3. The molecule has 1 aliphatic rings. The van der Waals surface area contributed by atoms with E-state index in [1.807, 2.05) is 23.0 Å². The van der Waals surface area contributed by atoms with Gasteiger partial charge in [0.25, 0.3) is 0 Å². The van der Waals surface area contributed by atoms with Crippen LogP contribution in [-0.4, -0.2) is 33.7 Å². The van der Waals surface area contributed by atoms with Crippen LogP contribution in [0.3, 0.4) is 0 Å². The third-order valence-corrected chi connectivity index (χ3v) is 4.99. The predicted molar refractivity (Wildman–Crippen MR) is 101 cm³/mol. The van der Waals surface area contributed by atoms with Crippen molar-refractivity contribution in [1.82, 2.24) is 20.0 Å². The fraction of sp³-hybridized carbons (Fsp3) is 0.238. The molecule has 0 saturated heterocycles. The minimum Gasteiger partial charge on any atom is -0.358 e.